The zero-order valence-corrected chi connectivity index (χ0v) is 17.7. The van der Waals surface area contributed by atoms with Gasteiger partial charge in [-0.05, 0) is 51.0 Å². The molecule has 0 saturated heterocycles. The number of carbonyl (C=O) groups is 2. The van der Waals surface area contributed by atoms with Crippen LogP contribution in [-0.2, 0) is 4.84 Å². The fraction of sp³-hybridized carbons (Fsp3) is 0.300. The molecule has 2 heterocycles. The minimum Gasteiger partial charge on any atom is -0.349 e. The maximum absolute atomic E-state index is 12.5. The van der Waals surface area contributed by atoms with Gasteiger partial charge in [0, 0.05) is 17.3 Å². The van der Waals surface area contributed by atoms with Gasteiger partial charge in [0.15, 0.2) is 0 Å². The smallest absolute Gasteiger partial charge is 0.274 e. The Morgan fingerprint density at radius 3 is 2.59 bits per heavy atom. The van der Waals surface area contributed by atoms with Gasteiger partial charge in [-0.2, -0.15) is 0 Å². The molecule has 3 aromatic rings. The molecule has 29 heavy (non-hydrogen) atoms. The molecule has 1 aromatic carbocycles. The highest BCUT2D eigenvalue weighted by molar-refractivity contribution is 7.20. The lowest BCUT2D eigenvalue weighted by molar-refractivity contribution is 0.0537. The third-order valence-electron chi connectivity index (χ3n) is 4.30. The highest BCUT2D eigenvalue weighted by Crippen LogP contribution is 2.35. The summed E-state index contributed by atoms with van der Waals surface area (Å²) in [4.78, 5) is 39.3. The molecule has 0 aliphatic carbocycles. The minimum atomic E-state index is -0.345. The van der Waals surface area contributed by atoms with Gasteiger partial charge in [0.25, 0.3) is 11.8 Å². The van der Waals surface area contributed by atoms with Crippen molar-refractivity contribution in [3.63, 3.8) is 0 Å². The normalized spacial score (nSPS) is 11.0. The highest BCUT2D eigenvalue weighted by atomic mass is 32.1. The van der Waals surface area contributed by atoms with E-state index in [4.69, 9.17) is 4.84 Å². The Morgan fingerprint density at radius 2 is 1.90 bits per heavy atom. The number of hydroxylamine groups is 1. The molecule has 0 unspecified atom stereocenters. The first-order valence-corrected chi connectivity index (χ1v) is 9.89. The monoisotopic (exact) mass is 413 g/mol. The van der Waals surface area contributed by atoms with Crippen molar-refractivity contribution in [1.82, 2.24) is 20.8 Å². The maximum Gasteiger partial charge on any atom is 0.274 e. The van der Waals surface area contributed by atoms with Gasteiger partial charge in [-0.3, -0.25) is 14.4 Å². The number of anilines is 2. The molecule has 0 radical (unpaired) electrons. The zero-order valence-electron chi connectivity index (χ0n) is 16.9. The molecule has 0 aliphatic heterocycles. The van der Waals surface area contributed by atoms with Gasteiger partial charge in [-0.1, -0.05) is 6.07 Å². The number of aryl methyl sites for hydroxylation is 2. The number of nitrogens with one attached hydrogen (secondary N) is 3. The van der Waals surface area contributed by atoms with Crippen molar-refractivity contribution in [1.29, 1.82) is 0 Å². The summed E-state index contributed by atoms with van der Waals surface area (Å²) in [6, 6.07) is 5.33. The van der Waals surface area contributed by atoms with Crippen LogP contribution in [0, 0.1) is 13.8 Å². The van der Waals surface area contributed by atoms with Crippen LogP contribution in [0.3, 0.4) is 0 Å². The Kier molecular flexibility index (Phi) is 6.09. The van der Waals surface area contributed by atoms with Crippen molar-refractivity contribution < 1.29 is 14.4 Å². The van der Waals surface area contributed by atoms with Crippen LogP contribution in [0.5, 0.6) is 0 Å². The third-order valence-corrected chi connectivity index (χ3v) is 5.50. The van der Waals surface area contributed by atoms with E-state index in [0.717, 1.165) is 27.0 Å². The topological polar surface area (TPSA) is 105 Å². The highest BCUT2D eigenvalue weighted by Gasteiger charge is 2.20. The first-order valence-electron chi connectivity index (χ1n) is 9.07. The SMILES string of the molecule is CONC(=O)c1ccc(C)c(Nc2ncnc3sc(C(=O)NC(C)C)c(C)c23)c1. The number of benzene rings is 1. The molecule has 9 heteroatoms. The van der Waals surface area contributed by atoms with E-state index in [-0.39, 0.29) is 17.9 Å². The Morgan fingerprint density at radius 1 is 1.14 bits per heavy atom. The predicted octanol–water partition coefficient (Wildman–Crippen LogP) is 3.48. The van der Waals surface area contributed by atoms with Gasteiger partial charge in [-0.25, -0.2) is 15.4 Å². The molecule has 2 aromatic heterocycles. The molecule has 3 rings (SSSR count). The van der Waals surface area contributed by atoms with E-state index < -0.39 is 0 Å². The van der Waals surface area contributed by atoms with Crippen molar-refractivity contribution in [2.75, 3.05) is 12.4 Å². The average molecular weight is 414 g/mol. The van der Waals surface area contributed by atoms with Crippen molar-refractivity contribution in [2.24, 2.45) is 0 Å². The molecule has 0 bridgehead atoms. The standard InChI is InChI=1S/C20H23N5O3S/c1-10(2)23-19(27)16-12(4)15-17(21-9-22-20(15)29-16)24-14-8-13(7-6-11(14)3)18(26)25-28-5/h6-10H,1-5H3,(H,23,27)(H,25,26)(H,21,22,24). The van der Waals surface area contributed by atoms with E-state index in [9.17, 15) is 9.59 Å². The van der Waals surface area contributed by atoms with Gasteiger partial charge in [0.05, 0.1) is 17.4 Å². The largest absolute Gasteiger partial charge is 0.349 e. The summed E-state index contributed by atoms with van der Waals surface area (Å²) in [6.45, 7) is 7.66. The second-order valence-corrected chi connectivity index (χ2v) is 7.88. The number of thiophene rings is 1. The maximum atomic E-state index is 12.5. The second-order valence-electron chi connectivity index (χ2n) is 6.88. The lowest BCUT2D eigenvalue weighted by Crippen LogP contribution is -2.29. The quantitative estimate of drug-likeness (QED) is 0.534. The average Bonchev–Trinajstić information content (AvgIpc) is 3.01. The van der Waals surface area contributed by atoms with E-state index in [2.05, 4.69) is 26.1 Å². The Balaban J connectivity index is 2.01. The van der Waals surface area contributed by atoms with E-state index in [1.54, 1.807) is 12.1 Å². The first kappa shape index (κ1) is 20.7. The number of fused-ring (bicyclic) bond motifs is 1. The number of rotatable bonds is 6. The number of aromatic nitrogens is 2. The fourth-order valence-electron chi connectivity index (χ4n) is 2.89. The van der Waals surface area contributed by atoms with Crippen LogP contribution in [-0.4, -0.2) is 34.9 Å². The molecule has 0 spiro atoms. The summed E-state index contributed by atoms with van der Waals surface area (Å²) < 4.78 is 0. The summed E-state index contributed by atoms with van der Waals surface area (Å²) in [5.41, 5.74) is 5.24. The predicted molar refractivity (Wildman–Crippen MR) is 114 cm³/mol. The van der Waals surface area contributed by atoms with Crippen LogP contribution in [0.1, 0.15) is 45.0 Å². The molecule has 0 aliphatic rings. The molecule has 2 amide bonds. The van der Waals surface area contributed by atoms with E-state index in [1.807, 2.05) is 33.8 Å². The number of carbonyl (C=O) groups excluding carboxylic acids is 2. The van der Waals surface area contributed by atoms with Crippen LogP contribution in [0.25, 0.3) is 10.2 Å². The van der Waals surface area contributed by atoms with Crippen molar-refractivity contribution in [3.05, 3.63) is 46.1 Å². The Labute approximate surface area is 172 Å². The van der Waals surface area contributed by atoms with Gasteiger partial charge in [0.1, 0.15) is 17.0 Å². The van der Waals surface area contributed by atoms with E-state index in [1.165, 1.54) is 24.8 Å². The number of hydrogen-bond acceptors (Lipinski definition) is 7. The number of hydrogen-bond donors (Lipinski definition) is 3. The fourth-order valence-corrected chi connectivity index (χ4v) is 3.94. The molecule has 0 atom stereocenters. The van der Waals surface area contributed by atoms with Crippen LogP contribution < -0.4 is 16.1 Å². The van der Waals surface area contributed by atoms with Gasteiger partial charge in [0.2, 0.25) is 0 Å². The molecule has 3 N–H and O–H groups in total. The zero-order chi connectivity index (χ0) is 21.1. The van der Waals surface area contributed by atoms with Gasteiger partial charge < -0.3 is 10.6 Å². The van der Waals surface area contributed by atoms with Crippen LogP contribution in [0.4, 0.5) is 11.5 Å². The summed E-state index contributed by atoms with van der Waals surface area (Å²) in [6.07, 6.45) is 1.46. The lowest BCUT2D eigenvalue weighted by Gasteiger charge is -2.12. The number of nitrogens with zero attached hydrogens (tertiary/aromatic N) is 2. The van der Waals surface area contributed by atoms with Crippen LogP contribution in [0.15, 0.2) is 24.5 Å². The van der Waals surface area contributed by atoms with Crippen LogP contribution >= 0.6 is 11.3 Å². The van der Waals surface area contributed by atoms with Crippen molar-refractivity contribution in [2.45, 2.75) is 33.7 Å². The summed E-state index contributed by atoms with van der Waals surface area (Å²) in [5, 5.41) is 7.00. The Bertz CT molecular complexity index is 1080. The summed E-state index contributed by atoms with van der Waals surface area (Å²) in [7, 11) is 1.38. The Hall–Kier alpha value is -3.04. The molecular formula is C20H23N5O3S. The molecule has 0 fully saturated rings. The third kappa shape index (κ3) is 4.36. The minimum absolute atomic E-state index is 0.0411. The summed E-state index contributed by atoms with van der Waals surface area (Å²) >= 11 is 1.33. The second kappa shape index (κ2) is 8.54. The van der Waals surface area contributed by atoms with Crippen LogP contribution in [0.2, 0.25) is 0 Å². The molecule has 8 nitrogen and oxygen atoms in total. The van der Waals surface area contributed by atoms with Gasteiger partial charge in [-0.15, -0.1) is 11.3 Å². The molecule has 0 saturated carbocycles. The number of amides is 2. The van der Waals surface area contributed by atoms with E-state index in [0.29, 0.717) is 16.3 Å². The summed E-state index contributed by atoms with van der Waals surface area (Å²) in [5.74, 6) is 0.114. The molecular weight excluding hydrogens is 390 g/mol. The van der Waals surface area contributed by atoms with E-state index >= 15 is 0 Å². The first-order chi connectivity index (χ1) is 13.8. The van der Waals surface area contributed by atoms with Gasteiger partial charge >= 0.3 is 0 Å². The van der Waals surface area contributed by atoms with Crippen molar-refractivity contribution in [3.8, 4) is 0 Å². The molecule has 152 valence electrons. The lowest BCUT2D eigenvalue weighted by atomic mass is 10.1. The van der Waals surface area contributed by atoms with Crippen molar-refractivity contribution >= 4 is 44.9 Å².